The summed E-state index contributed by atoms with van der Waals surface area (Å²) in [6.07, 6.45) is 0. The monoisotopic (exact) mass is 261 g/mol. The fraction of sp³-hybridized carbons (Fsp3) is 0.308. The Balaban J connectivity index is 1.74. The molecule has 19 heavy (non-hydrogen) atoms. The molecule has 6 heteroatoms. The average Bonchev–Trinajstić information content (AvgIpc) is 2.81. The van der Waals surface area contributed by atoms with Crippen LogP contribution in [0, 0.1) is 13.8 Å². The van der Waals surface area contributed by atoms with Gasteiger partial charge in [-0.2, -0.15) is 4.98 Å². The van der Waals surface area contributed by atoms with Crippen LogP contribution >= 0.6 is 0 Å². The summed E-state index contributed by atoms with van der Waals surface area (Å²) in [6.45, 7) is 3.87. The number of benzene rings is 1. The van der Waals surface area contributed by atoms with Crippen LogP contribution in [0.5, 0.6) is 5.75 Å². The third-order valence-electron chi connectivity index (χ3n) is 2.40. The molecule has 0 radical (unpaired) electrons. The molecule has 0 aliphatic rings. The van der Waals surface area contributed by atoms with Crippen molar-refractivity contribution in [1.82, 2.24) is 15.5 Å². The number of carbonyl (C=O) groups excluding carboxylic acids is 1. The van der Waals surface area contributed by atoms with Crippen molar-refractivity contribution in [3.8, 4) is 5.75 Å². The number of nitrogens with one attached hydrogen (secondary N) is 1. The lowest BCUT2D eigenvalue weighted by Crippen LogP contribution is -2.28. The molecule has 0 aliphatic heterocycles. The lowest BCUT2D eigenvalue weighted by molar-refractivity contribution is -0.123. The SMILES string of the molecule is Cc1ccc(OCC(=O)NCc2nc(C)no2)cc1. The summed E-state index contributed by atoms with van der Waals surface area (Å²) in [6, 6.07) is 7.50. The molecule has 0 atom stereocenters. The first-order valence-electron chi connectivity index (χ1n) is 5.89. The maximum atomic E-state index is 11.5. The number of aromatic nitrogens is 2. The molecular weight excluding hydrogens is 246 g/mol. The number of hydrogen-bond donors (Lipinski definition) is 1. The number of amides is 1. The van der Waals surface area contributed by atoms with Gasteiger partial charge in [0.15, 0.2) is 12.4 Å². The standard InChI is InChI=1S/C13H15N3O3/c1-9-3-5-11(6-4-9)18-8-12(17)14-7-13-15-10(2)16-19-13/h3-6H,7-8H2,1-2H3,(H,14,17). The van der Waals surface area contributed by atoms with E-state index in [1.54, 1.807) is 6.92 Å². The molecule has 1 heterocycles. The Labute approximate surface area is 110 Å². The first kappa shape index (κ1) is 13.1. The van der Waals surface area contributed by atoms with E-state index in [4.69, 9.17) is 9.26 Å². The van der Waals surface area contributed by atoms with Crippen LogP contribution in [0.15, 0.2) is 28.8 Å². The van der Waals surface area contributed by atoms with Crippen LogP contribution in [0.2, 0.25) is 0 Å². The van der Waals surface area contributed by atoms with Gasteiger partial charge in [0.2, 0.25) is 5.89 Å². The van der Waals surface area contributed by atoms with Crippen molar-refractivity contribution in [3.05, 3.63) is 41.5 Å². The van der Waals surface area contributed by atoms with E-state index in [1.165, 1.54) is 0 Å². The first-order valence-corrected chi connectivity index (χ1v) is 5.89. The van der Waals surface area contributed by atoms with Gasteiger partial charge in [0.25, 0.3) is 5.91 Å². The van der Waals surface area contributed by atoms with E-state index < -0.39 is 0 Å². The zero-order valence-corrected chi connectivity index (χ0v) is 10.8. The summed E-state index contributed by atoms with van der Waals surface area (Å²) in [5, 5.41) is 6.26. The largest absolute Gasteiger partial charge is 0.484 e. The van der Waals surface area contributed by atoms with Crippen LogP contribution < -0.4 is 10.1 Å². The minimum absolute atomic E-state index is 0.0455. The summed E-state index contributed by atoms with van der Waals surface area (Å²) in [5.41, 5.74) is 1.14. The lowest BCUT2D eigenvalue weighted by Gasteiger charge is -2.06. The summed E-state index contributed by atoms with van der Waals surface area (Å²) in [5.74, 6) is 1.34. The Morgan fingerprint density at radius 2 is 2.05 bits per heavy atom. The molecule has 1 aromatic carbocycles. The second-order valence-electron chi connectivity index (χ2n) is 4.11. The molecule has 1 aromatic heterocycles. The number of aryl methyl sites for hydroxylation is 2. The van der Waals surface area contributed by atoms with Gasteiger partial charge in [-0.15, -0.1) is 0 Å². The van der Waals surface area contributed by atoms with E-state index in [2.05, 4.69) is 15.5 Å². The second kappa shape index (κ2) is 5.99. The first-order chi connectivity index (χ1) is 9.13. The molecule has 0 spiro atoms. The van der Waals surface area contributed by atoms with Crippen LogP contribution in [0.1, 0.15) is 17.3 Å². The Kier molecular flexibility index (Phi) is 4.12. The van der Waals surface area contributed by atoms with E-state index in [0.717, 1.165) is 5.56 Å². The van der Waals surface area contributed by atoms with E-state index >= 15 is 0 Å². The second-order valence-corrected chi connectivity index (χ2v) is 4.11. The summed E-state index contributed by atoms with van der Waals surface area (Å²) in [4.78, 5) is 15.5. The maximum absolute atomic E-state index is 11.5. The van der Waals surface area contributed by atoms with Gasteiger partial charge in [0, 0.05) is 0 Å². The summed E-state index contributed by atoms with van der Waals surface area (Å²) < 4.78 is 10.2. The van der Waals surface area contributed by atoms with E-state index in [1.807, 2.05) is 31.2 Å². The van der Waals surface area contributed by atoms with Crippen molar-refractivity contribution in [2.24, 2.45) is 0 Å². The molecule has 0 aliphatic carbocycles. The average molecular weight is 261 g/mol. The molecule has 100 valence electrons. The molecule has 2 aromatic rings. The van der Waals surface area contributed by atoms with E-state index in [0.29, 0.717) is 17.5 Å². The Bertz CT molecular complexity index is 549. The lowest BCUT2D eigenvalue weighted by atomic mass is 10.2. The fourth-order valence-corrected chi connectivity index (χ4v) is 1.42. The molecular formula is C13H15N3O3. The number of carbonyl (C=O) groups is 1. The predicted molar refractivity (Wildman–Crippen MR) is 67.6 cm³/mol. The van der Waals surface area contributed by atoms with Gasteiger partial charge >= 0.3 is 0 Å². The van der Waals surface area contributed by atoms with Gasteiger partial charge in [0.05, 0.1) is 6.54 Å². The molecule has 0 bridgehead atoms. The predicted octanol–water partition coefficient (Wildman–Crippen LogP) is 1.38. The highest BCUT2D eigenvalue weighted by Crippen LogP contribution is 2.10. The van der Waals surface area contributed by atoms with Crippen molar-refractivity contribution >= 4 is 5.91 Å². The highest BCUT2D eigenvalue weighted by atomic mass is 16.5. The van der Waals surface area contributed by atoms with E-state index in [-0.39, 0.29) is 19.1 Å². The van der Waals surface area contributed by atoms with Crippen molar-refractivity contribution < 1.29 is 14.1 Å². The van der Waals surface area contributed by atoms with Crippen LogP contribution in [0.3, 0.4) is 0 Å². The zero-order valence-electron chi connectivity index (χ0n) is 10.8. The number of nitrogens with zero attached hydrogens (tertiary/aromatic N) is 2. The molecule has 6 nitrogen and oxygen atoms in total. The molecule has 0 saturated carbocycles. The summed E-state index contributed by atoms with van der Waals surface area (Å²) >= 11 is 0. The number of ether oxygens (including phenoxy) is 1. The van der Waals surface area contributed by atoms with Crippen LogP contribution in [-0.2, 0) is 11.3 Å². The molecule has 1 amide bonds. The van der Waals surface area contributed by atoms with Gasteiger partial charge in [-0.05, 0) is 26.0 Å². The summed E-state index contributed by atoms with van der Waals surface area (Å²) in [7, 11) is 0. The molecule has 0 saturated heterocycles. The van der Waals surface area contributed by atoms with Gasteiger partial charge in [-0.1, -0.05) is 22.9 Å². The van der Waals surface area contributed by atoms with Gasteiger partial charge in [0.1, 0.15) is 5.75 Å². The Morgan fingerprint density at radius 3 is 2.68 bits per heavy atom. The molecule has 0 fully saturated rings. The number of rotatable bonds is 5. The zero-order chi connectivity index (χ0) is 13.7. The molecule has 0 unspecified atom stereocenters. The van der Waals surface area contributed by atoms with Crippen molar-refractivity contribution in [2.45, 2.75) is 20.4 Å². The fourth-order valence-electron chi connectivity index (χ4n) is 1.42. The van der Waals surface area contributed by atoms with Crippen LogP contribution in [-0.4, -0.2) is 22.7 Å². The third kappa shape index (κ3) is 4.09. The van der Waals surface area contributed by atoms with Gasteiger partial charge in [-0.25, -0.2) is 0 Å². The third-order valence-corrected chi connectivity index (χ3v) is 2.40. The quantitative estimate of drug-likeness (QED) is 0.879. The topological polar surface area (TPSA) is 77.2 Å². The molecule has 2 rings (SSSR count). The minimum Gasteiger partial charge on any atom is -0.484 e. The van der Waals surface area contributed by atoms with Crippen molar-refractivity contribution in [2.75, 3.05) is 6.61 Å². The Hall–Kier alpha value is -2.37. The van der Waals surface area contributed by atoms with Crippen LogP contribution in [0.25, 0.3) is 0 Å². The van der Waals surface area contributed by atoms with Gasteiger partial charge in [-0.3, -0.25) is 4.79 Å². The van der Waals surface area contributed by atoms with Crippen molar-refractivity contribution in [3.63, 3.8) is 0 Å². The smallest absolute Gasteiger partial charge is 0.258 e. The highest BCUT2D eigenvalue weighted by molar-refractivity contribution is 5.77. The highest BCUT2D eigenvalue weighted by Gasteiger charge is 2.06. The van der Waals surface area contributed by atoms with Crippen molar-refractivity contribution in [1.29, 1.82) is 0 Å². The normalized spacial score (nSPS) is 10.2. The van der Waals surface area contributed by atoms with Crippen LogP contribution in [0.4, 0.5) is 0 Å². The Morgan fingerprint density at radius 1 is 1.32 bits per heavy atom. The molecule has 1 N–H and O–H groups in total. The van der Waals surface area contributed by atoms with Gasteiger partial charge < -0.3 is 14.6 Å². The minimum atomic E-state index is -0.239. The van der Waals surface area contributed by atoms with E-state index in [9.17, 15) is 4.79 Å². The number of hydrogen-bond acceptors (Lipinski definition) is 5. The maximum Gasteiger partial charge on any atom is 0.258 e.